The fourth-order valence-corrected chi connectivity index (χ4v) is 1.94. The van der Waals surface area contributed by atoms with Gasteiger partial charge in [0, 0.05) is 0 Å². The molecule has 1 saturated heterocycles. The van der Waals surface area contributed by atoms with Crippen molar-refractivity contribution in [1.82, 2.24) is 4.98 Å². The number of aryl methyl sites for hydroxylation is 1. The number of halogens is 1. The molecular formula is C10H14ClNO2. The number of rotatable bonds is 2. The molecule has 0 radical (unpaired) electrons. The topological polar surface area (TPSA) is 35.3 Å². The summed E-state index contributed by atoms with van der Waals surface area (Å²) >= 11 is 5.71. The third-order valence-corrected chi connectivity index (χ3v) is 2.78. The highest BCUT2D eigenvalue weighted by Gasteiger charge is 2.27. The van der Waals surface area contributed by atoms with Gasteiger partial charge >= 0.3 is 0 Å². The molecule has 2 heterocycles. The number of hydrogen-bond donors (Lipinski definition) is 0. The van der Waals surface area contributed by atoms with Crippen molar-refractivity contribution in [3.05, 3.63) is 17.3 Å². The van der Waals surface area contributed by atoms with E-state index in [2.05, 4.69) is 11.9 Å². The fourth-order valence-electron chi connectivity index (χ4n) is 1.70. The Kier molecular flexibility index (Phi) is 2.79. The Morgan fingerprint density at radius 2 is 2.29 bits per heavy atom. The average Bonchev–Trinajstić information content (AvgIpc) is 2.71. The molecule has 1 aliphatic heterocycles. The molecule has 78 valence electrons. The van der Waals surface area contributed by atoms with Gasteiger partial charge in [-0.05, 0) is 26.7 Å². The van der Waals surface area contributed by atoms with Gasteiger partial charge in [-0.2, -0.15) is 0 Å². The summed E-state index contributed by atoms with van der Waals surface area (Å²) in [6.45, 7) is 3.97. The molecule has 14 heavy (non-hydrogen) atoms. The molecule has 2 rings (SSSR count). The lowest BCUT2D eigenvalue weighted by Gasteiger charge is -2.05. The molecule has 0 amide bonds. The Morgan fingerprint density at radius 1 is 1.50 bits per heavy atom. The Balaban J connectivity index is 2.16. The van der Waals surface area contributed by atoms with Gasteiger partial charge in [-0.1, -0.05) is 0 Å². The van der Waals surface area contributed by atoms with Crippen LogP contribution in [0.2, 0.25) is 0 Å². The molecule has 1 aromatic rings. The first kappa shape index (κ1) is 9.99. The average molecular weight is 216 g/mol. The lowest BCUT2D eigenvalue weighted by molar-refractivity contribution is 0.0386. The van der Waals surface area contributed by atoms with Crippen molar-refractivity contribution in [2.24, 2.45) is 0 Å². The summed E-state index contributed by atoms with van der Waals surface area (Å²) in [6, 6.07) is 0. The van der Waals surface area contributed by atoms with Crippen LogP contribution in [0.1, 0.15) is 43.2 Å². The summed E-state index contributed by atoms with van der Waals surface area (Å²) in [7, 11) is 0. The standard InChI is InChI=1S/C10H14ClNO2/c1-6-3-4-8(13-6)10-12-7(2)9(5-11)14-10/h6,8H,3-5H2,1-2H3. The minimum absolute atomic E-state index is 0.0284. The zero-order valence-electron chi connectivity index (χ0n) is 8.42. The third kappa shape index (κ3) is 1.79. The van der Waals surface area contributed by atoms with E-state index in [-0.39, 0.29) is 6.10 Å². The van der Waals surface area contributed by atoms with Crippen molar-refractivity contribution in [3.63, 3.8) is 0 Å². The summed E-state index contributed by atoms with van der Waals surface area (Å²) in [5.41, 5.74) is 0.873. The van der Waals surface area contributed by atoms with Gasteiger partial charge in [-0.25, -0.2) is 4.98 Å². The summed E-state index contributed by atoms with van der Waals surface area (Å²) in [5, 5.41) is 0. The van der Waals surface area contributed by atoms with Gasteiger partial charge in [0.25, 0.3) is 0 Å². The molecule has 2 unspecified atom stereocenters. The van der Waals surface area contributed by atoms with Gasteiger partial charge in [0.05, 0.1) is 17.7 Å². The van der Waals surface area contributed by atoms with Gasteiger partial charge in [-0.15, -0.1) is 11.6 Å². The molecular weight excluding hydrogens is 202 g/mol. The fraction of sp³-hybridized carbons (Fsp3) is 0.700. The highest BCUT2D eigenvalue weighted by Crippen LogP contribution is 2.32. The van der Waals surface area contributed by atoms with Crippen LogP contribution in [0.15, 0.2) is 4.42 Å². The largest absolute Gasteiger partial charge is 0.441 e. The van der Waals surface area contributed by atoms with E-state index in [4.69, 9.17) is 20.8 Å². The second-order valence-corrected chi connectivity index (χ2v) is 3.97. The van der Waals surface area contributed by atoms with Crippen molar-refractivity contribution >= 4 is 11.6 Å². The molecule has 0 spiro atoms. The Morgan fingerprint density at radius 3 is 2.79 bits per heavy atom. The smallest absolute Gasteiger partial charge is 0.223 e. The van der Waals surface area contributed by atoms with E-state index in [1.807, 2.05) is 6.92 Å². The van der Waals surface area contributed by atoms with E-state index in [1.165, 1.54) is 0 Å². The highest BCUT2D eigenvalue weighted by molar-refractivity contribution is 6.16. The molecule has 1 aromatic heterocycles. The first-order valence-electron chi connectivity index (χ1n) is 4.88. The Hall–Kier alpha value is -0.540. The van der Waals surface area contributed by atoms with Crippen molar-refractivity contribution < 1.29 is 9.15 Å². The van der Waals surface area contributed by atoms with Crippen molar-refractivity contribution in [2.45, 2.75) is 44.8 Å². The van der Waals surface area contributed by atoms with Crippen molar-refractivity contribution in [1.29, 1.82) is 0 Å². The van der Waals surface area contributed by atoms with Crippen LogP contribution in [0, 0.1) is 6.92 Å². The Labute approximate surface area is 88.4 Å². The maximum absolute atomic E-state index is 5.71. The van der Waals surface area contributed by atoms with Gasteiger partial charge in [0.2, 0.25) is 5.89 Å². The predicted octanol–water partition coefficient (Wildman–Crippen LogP) is 2.96. The lowest BCUT2D eigenvalue weighted by atomic mass is 10.2. The number of ether oxygens (including phenoxy) is 1. The molecule has 3 nitrogen and oxygen atoms in total. The maximum atomic E-state index is 5.71. The Bertz CT molecular complexity index is 324. The van der Waals surface area contributed by atoms with Gasteiger partial charge in [0.15, 0.2) is 0 Å². The van der Waals surface area contributed by atoms with E-state index in [1.54, 1.807) is 0 Å². The van der Waals surface area contributed by atoms with Crippen molar-refractivity contribution in [2.75, 3.05) is 0 Å². The summed E-state index contributed by atoms with van der Waals surface area (Å²) in [6.07, 6.45) is 2.40. The first-order valence-corrected chi connectivity index (χ1v) is 5.41. The molecule has 0 N–H and O–H groups in total. The summed E-state index contributed by atoms with van der Waals surface area (Å²) in [5.74, 6) is 1.81. The first-order chi connectivity index (χ1) is 6.70. The molecule has 1 aliphatic rings. The van der Waals surface area contributed by atoms with Crippen LogP contribution in [0.25, 0.3) is 0 Å². The van der Waals surface area contributed by atoms with Gasteiger partial charge in [-0.3, -0.25) is 0 Å². The minimum Gasteiger partial charge on any atom is -0.441 e. The summed E-state index contributed by atoms with van der Waals surface area (Å²) in [4.78, 5) is 4.32. The third-order valence-electron chi connectivity index (χ3n) is 2.54. The van der Waals surface area contributed by atoms with Crippen molar-refractivity contribution in [3.8, 4) is 0 Å². The van der Waals surface area contributed by atoms with Crippen LogP contribution < -0.4 is 0 Å². The number of alkyl halides is 1. The maximum Gasteiger partial charge on any atom is 0.223 e. The lowest BCUT2D eigenvalue weighted by Crippen LogP contribution is -2.01. The van der Waals surface area contributed by atoms with Crippen LogP contribution in [0.4, 0.5) is 0 Å². The molecule has 0 aromatic carbocycles. The van der Waals surface area contributed by atoms with Crippen LogP contribution in [0.3, 0.4) is 0 Å². The number of aromatic nitrogens is 1. The molecule has 0 aliphatic carbocycles. The summed E-state index contributed by atoms with van der Waals surface area (Å²) < 4.78 is 11.2. The molecule has 4 heteroatoms. The van der Waals surface area contributed by atoms with E-state index < -0.39 is 0 Å². The SMILES string of the molecule is Cc1nc(C2CCC(C)O2)oc1CCl. The van der Waals surface area contributed by atoms with Crippen LogP contribution in [-0.4, -0.2) is 11.1 Å². The monoisotopic (exact) mass is 215 g/mol. The molecule has 2 atom stereocenters. The van der Waals surface area contributed by atoms with Crippen LogP contribution in [-0.2, 0) is 10.6 Å². The second-order valence-electron chi connectivity index (χ2n) is 3.71. The predicted molar refractivity (Wildman–Crippen MR) is 53.3 cm³/mol. The normalized spacial score (nSPS) is 27.1. The van der Waals surface area contributed by atoms with Gasteiger partial charge < -0.3 is 9.15 Å². The number of oxazole rings is 1. The highest BCUT2D eigenvalue weighted by atomic mass is 35.5. The van der Waals surface area contributed by atoms with E-state index in [0.29, 0.717) is 17.9 Å². The molecule has 0 saturated carbocycles. The quantitative estimate of drug-likeness (QED) is 0.712. The van der Waals surface area contributed by atoms with E-state index in [0.717, 1.165) is 24.3 Å². The molecule has 0 bridgehead atoms. The second kappa shape index (κ2) is 3.91. The molecule has 1 fully saturated rings. The van der Waals surface area contributed by atoms with Crippen LogP contribution >= 0.6 is 11.6 Å². The van der Waals surface area contributed by atoms with E-state index >= 15 is 0 Å². The van der Waals surface area contributed by atoms with E-state index in [9.17, 15) is 0 Å². The van der Waals surface area contributed by atoms with Crippen LogP contribution in [0.5, 0.6) is 0 Å². The number of nitrogens with zero attached hydrogens (tertiary/aromatic N) is 1. The zero-order valence-corrected chi connectivity index (χ0v) is 9.17. The zero-order chi connectivity index (χ0) is 10.1. The minimum atomic E-state index is 0.0284. The number of hydrogen-bond acceptors (Lipinski definition) is 3. The van der Waals surface area contributed by atoms with Gasteiger partial charge in [0.1, 0.15) is 11.9 Å².